The first-order valence-electron chi connectivity index (χ1n) is 15.7. The fourth-order valence-electron chi connectivity index (χ4n) is 5.54. The molecule has 0 radical (unpaired) electrons. The number of ether oxygens (including phenoxy) is 1. The van der Waals surface area contributed by atoms with Gasteiger partial charge in [-0.2, -0.15) is 11.8 Å². The number of unbranched alkanes of at least 4 members (excludes halogenated alkanes) is 1. The van der Waals surface area contributed by atoms with Gasteiger partial charge in [-0.05, 0) is 48.9 Å². The molecular weight excluding hydrogens is 578 g/mol. The summed E-state index contributed by atoms with van der Waals surface area (Å²) in [4.78, 5) is 48.6. The molecule has 5 amide bonds. The van der Waals surface area contributed by atoms with E-state index < -0.39 is 5.60 Å². The Bertz CT molecular complexity index is 1300. The average Bonchev–Trinajstić information content (AvgIpc) is 3.54. The van der Waals surface area contributed by atoms with Gasteiger partial charge in [0.1, 0.15) is 0 Å². The first kappa shape index (κ1) is 33.6. The largest absolute Gasteiger partial charge is 0.373 e. The van der Waals surface area contributed by atoms with Gasteiger partial charge >= 0.3 is 6.03 Å². The van der Waals surface area contributed by atoms with Gasteiger partial charge in [-0.15, -0.1) is 0 Å². The van der Waals surface area contributed by atoms with Crippen LogP contribution in [-0.2, 0) is 25.5 Å². The number of carbonyl (C=O) groups is 4. The molecule has 4 atom stereocenters. The predicted molar refractivity (Wildman–Crippen MR) is 174 cm³/mol. The number of amides is 5. The third-order valence-corrected chi connectivity index (χ3v) is 9.54. The van der Waals surface area contributed by atoms with Crippen molar-refractivity contribution in [3.63, 3.8) is 0 Å². The molecule has 0 spiro atoms. The van der Waals surface area contributed by atoms with Crippen LogP contribution in [0.4, 0.5) is 4.79 Å². The molecule has 5 N–H and O–H groups in total. The third-order valence-electron chi connectivity index (χ3n) is 8.03. The lowest BCUT2D eigenvalue weighted by Crippen LogP contribution is -2.41. The van der Waals surface area contributed by atoms with Gasteiger partial charge in [0.25, 0.3) is 0 Å². The SMILES string of the molecule is CC(COC(C)(C)CNC(=O)CCCCC1SCC2NC(=O)NC21)CC(=O)NCCNC(=O)Cc1ccc2ccccc2c1. The highest BCUT2D eigenvalue weighted by molar-refractivity contribution is 8.00. The molecule has 240 valence electrons. The molecule has 0 bridgehead atoms. The van der Waals surface area contributed by atoms with Crippen LogP contribution in [0.5, 0.6) is 0 Å². The van der Waals surface area contributed by atoms with Crippen molar-refractivity contribution >= 4 is 46.3 Å². The van der Waals surface area contributed by atoms with Crippen LogP contribution in [0.15, 0.2) is 42.5 Å². The van der Waals surface area contributed by atoms with Gasteiger partial charge in [0.2, 0.25) is 17.7 Å². The maximum atomic E-state index is 12.4. The predicted octanol–water partition coefficient (Wildman–Crippen LogP) is 3.28. The maximum absolute atomic E-state index is 12.4. The summed E-state index contributed by atoms with van der Waals surface area (Å²) in [6.45, 7) is 7.33. The molecule has 2 aliphatic heterocycles. The van der Waals surface area contributed by atoms with E-state index in [9.17, 15) is 19.2 Å². The van der Waals surface area contributed by atoms with Gasteiger partial charge in [0.05, 0.1) is 30.7 Å². The number of hydrogen-bond donors (Lipinski definition) is 5. The Morgan fingerprint density at radius 3 is 2.52 bits per heavy atom. The summed E-state index contributed by atoms with van der Waals surface area (Å²) in [5.41, 5.74) is 0.396. The smallest absolute Gasteiger partial charge is 0.315 e. The highest BCUT2D eigenvalue weighted by atomic mass is 32.2. The number of carbonyl (C=O) groups excluding carboxylic acids is 4. The van der Waals surface area contributed by atoms with E-state index in [2.05, 4.69) is 26.6 Å². The Morgan fingerprint density at radius 1 is 0.977 bits per heavy atom. The fourth-order valence-corrected chi connectivity index (χ4v) is 7.08. The second-order valence-electron chi connectivity index (χ2n) is 12.6. The fraction of sp³-hybridized carbons (Fsp3) is 0.576. The van der Waals surface area contributed by atoms with E-state index in [0.717, 1.165) is 41.4 Å². The monoisotopic (exact) mass is 625 g/mol. The summed E-state index contributed by atoms with van der Waals surface area (Å²) in [5, 5.41) is 17.3. The number of hydrogen-bond acceptors (Lipinski definition) is 6. The number of fused-ring (bicyclic) bond motifs is 2. The molecule has 2 aliphatic rings. The summed E-state index contributed by atoms with van der Waals surface area (Å²) in [5.74, 6) is 0.783. The van der Waals surface area contributed by atoms with Crippen LogP contribution < -0.4 is 26.6 Å². The van der Waals surface area contributed by atoms with Crippen LogP contribution in [0.2, 0.25) is 0 Å². The van der Waals surface area contributed by atoms with Crippen molar-refractivity contribution < 1.29 is 23.9 Å². The van der Waals surface area contributed by atoms with E-state index >= 15 is 0 Å². The van der Waals surface area contributed by atoms with E-state index in [-0.39, 0.29) is 41.8 Å². The van der Waals surface area contributed by atoms with Crippen molar-refractivity contribution in [2.75, 3.05) is 32.0 Å². The standard InChI is InChI=1S/C33H47N5O5S/c1-22(16-29(40)34-14-15-35-30(41)18-23-12-13-24-8-4-5-9-25(24)17-23)19-43-33(2,3)21-36-28(39)11-7-6-10-27-31-26(20-44-27)37-32(42)38-31/h4-5,8-9,12-13,17,22,26-27,31H,6-7,10-11,14-16,18-21H2,1-3H3,(H,34,40)(H,35,41)(H,36,39)(H2,37,38,42). The summed E-state index contributed by atoms with van der Waals surface area (Å²) in [6.07, 6.45) is 3.82. The van der Waals surface area contributed by atoms with Crippen LogP contribution in [0.25, 0.3) is 10.8 Å². The highest BCUT2D eigenvalue weighted by Crippen LogP contribution is 2.33. The number of urea groups is 1. The molecular formula is C33H47N5O5S. The van der Waals surface area contributed by atoms with Crippen molar-refractivity contribution in [2.45, 2.75) is 82.2 Å². The van der Waals surface area contributed by atoms with E-state index in [4.69, 9.17) is 4.74 Å². The van der Waals surface area contributed by atoms with Crippen molar-refractivity contribution in [1.29, 1.82) is 0 Å². The number of thioether (sulfide) groups is 1. The van der Waals surface area contributed by atoms with Crippen LogP contribution >= 0.6 is 11.8 Å². The lowest BCUT2D eigenvalue weighted by atomic mass is 10.0. The number of nitrogens with one attached hydrogen (secondary N) is 5. The molecule has 44 heavy (non-hydrogen) atoms. The minimum atomic E-state index is -0.557. The molecule has 0 aromatic heterocycles. The minimum Gasteiger partial charge on any atom is -0.373 e. The van der Waals surface area contributed by atoms with E-state index in [0.29, 0.717) is 50.8 Å². The summed E-state index contributed by atoms with van der Waals surface area (Å²) in [6, 6.07) is 14.4. The quantitative estimate of drug-likeness (QED) is 0.135. The number of benzene rings is 2. The first-order valence-corrected chi connectivity index (χ1v) is 16.7. The summed E-state index contributed by atoms with van der Waals surface area (Å²) >= 11 is 1.89. The van der Waals surface area contributed by atoms with Gasteiger partial charge in [-0.3, -0.25) is 14.4 Å². The zero-order chi connectivity index (χ0) is 31.5. The highest BCUT2D eigenvalue weighted by Gasteiger charge is 2.42. The zero-order valence-corrected chi connectivity index (χ0v) is 26.9. The molecule has 2 saturated heterocycles. The molecule has 4 unspecified atom stereocenters. The van der Waals surface area contributed by atoms with Gasteiger partial charge in [0.15, 0.2) is 0 Å². The van der Waals surface area contributed by atoms with Gasteiger partial charge in [-0.1, -0.05) is 55.8 Å². The lowest BCUT2D eigenvalue weighted by Gasteiger charge is -2.27. The minimum absolute atomic E-state index is 0.000349. The van der Waals surface area contributed by atoms with Gasteiger partial charge in [0, 0.05) is 43.5 Å². The van der Waals surface area contributed by atoms with Crippen molar-refractivity contribution in [2.24, 2.45) is 5.92 Å². The zero-order valence-electron chi connectivity index (χ0n) is 26.1. The second kappa shape index (κ2) is 16.1. The maximum Gasteiger partial charge on any atom is 0.315 e. The van der Waals surface area contributed by atoms with Crippen molar-refractivity contribution in [3.8, 4) is 0 Å². The van der Waals surface area contributed by atoms with Crippen LogP contribution in [0.3, 0.4) is 0 Å². The summed E-state index contributed by atoms with van der Waals surface area (Å²) < 4.78 is 6.03. The Labute approximate surface area is 264 Å². The Morgan fingerprint density at radius 2 is 1.73 bits per heavy atom. The van der Waals surface area contributed by atoms with Gasteiger partial charge in [-0.25, -0.2) is 4.79 Å². The number of rotatable bonds is 17. The third kappa shape index (κ3) is 10.7. The molecule has 4 rings (SSSR count). The molecule has 2 aromatic rings. The lowest BCUT2D eigenvalue weighted by molar-refractivity contribution is -0.124. The second-order valence-corrected chi connectivity index (χ2v) is 13.9. The molecule has 0 aliphatic carbocycles. The Hall–Kier alpha value is -3.31. The molecule has 2 fully saturated rings. The van der Waals surface area contributed by atoms with Crippen LogP contribution in [-0.4, -0.2) is 78.7 Å². The van der Waals surface area contributed by atoms with Crippen LogP contribution in [0.1, 0.15) is 58.4 Å². The van der Waals surface area contributed by atoms with E-state index in [1.165, 1.54) is 0 Å². The normalized spacial score (nSPS) is 20.0. The van der Waals surface area contributed by atoms with E-state index in [1.807, 2.05) is 75.0 Å². The Kier molecular flexibility index (Phi) is 12.3. The Balaban J connectivity index is 1.01. The topological polar surface area (TPSA) is 138 Å². The van der Waals surface area contributed by atoms with Crippen LogP contribution in [0, 0.1) is 5.92 Å². The molecule has 10 nitrogen and oxygen atoms in total. The average molecular weight is 626 g/mol. The molecule has 2 aromatic carbocycles. The van der Waals surface area contributed by atoms with Crippen molar-refractivity contribution in [1.82, 2.24) is 26.6 Å². The van der Waals surface area contributed by atoms with Gasteiger partial charge < -0.3 is 31.3 Å². The molecule has 2 heterocycles. The molecule has 0 saturated carbocycles. The first-order chi connectivity index (χ1) is 21.1. The molecule has 11 heteroatoms. The van der Waals surface area contributed by atoms with Crippen molar-refractivity contribution in [3.05, 3.63) is 48.0 Å². The summed E-state index contributed by atoms with van der Waals surface area (Å²) in [7, 11) is 0. The van der Waals surface area contributed by atoms with E-state index in [1.54, 1.807) is 0 Å².